The average molecular weight is 361 g/mol. The Hall–Kier alpha value is -2.18. The molecule has 0 bridgehead atoms. The van der Waals surface area contributed by atoms with Crippen LogP contribution in [0.15, 0.2) is 24.3 Å². The molecule has 1 fully saturated rings. The maximum atomic E-state index is 12.5. The normalized spacial score (nSPS) is 16.7. The van der Waals surface area contributed by atoms with Crippen LogP contribution in [0.25, 0.3) is 0 Å². The molecule has 1 aromatic heterocycles. The van der Waals surface area contributed by atoms with Crippen molar-refractivity contribution >= 4 is 29.0 Å². The number of aromatic nitrogens is 2. The van der Waals surface area contributed by atoms with E-state index in [2.05, 4.69) is 20.6 Å². The molecule has 1 aliphatic rings. The molecule has 1 atom stereocenters. The van der Waals surface area contributed by atoms with Gasteiger partial charge in [-0.05, 0) is 44.4 Å². The van der Waals surface area contributed by atoms with Gasteiger partial charge < -0.3 is 15.4 Å². The number of benzene rings is 1. The van der Waals surface area contributed by atoms with Gasteiger partial charge in [0, 0.05) is 29.9 Å². The van der Waals surface area contributed by atoms with Crippen LogP contribution in [0.1, 0.15) is 34.7 Å². The highest BCUT2D eigenvalue weighted by Crippen LogP contribution is 2.21. The molecule has 132 valence electrons. The fourth-order valence-corrected chi connectivity index (χ4v) is 2.89. The quantitative estimate of drug-likeness (QED) is 0.852. The largest absolute Gasteiger partial charge is 0.376 e. The minimum absolute atomic E-state index is 0.196. The van der Waals surface area contributed by atoms with Crippen LogP contribution in [0.2, 0.25) is 5.02 Å². The second-order valence-corrected chi connectivity index (χ2v) is 6.55. The maximum Gasteiger partial charge on any atom is 0.274 e. The van der Waals surface area contributed by atoms with E-state index in [0.29, 0.717) is 34.6 Å². The minimum atomic E-state index is -0.295. The van der Waals surface area contributed by atoms with Gasteiger partial charge in [-0.2, -0.15) is 0 Å². The van der Waals surface area contributed by atoms with E-state index in [-0.39, 0.29) is 12.0 Å². The van der Waals surface area contributed by atoms with Crippen molar-refractivity contribution in [3.8, 4) is 0 Å². The van der Waals surface area contributed by atoms with E-state index in [1.165, 1.54) is 0 Å². The highest BCUT2D eigenvalue weighted by molar-refractivity contribution is 6.31. The van der Waals surface area contributed by atoms with E-state index in [0.717, 1.165) is 25.0 Å². The molecule has 1 saturated heterocycles. The fourth-order valence-electron chi connectivity index (χ4n) is 2.71. The van der Waals surface area contributed by atoms with Gasteiger partial charge in [0.05, 0.1) is 6.10 Å². The number of carbonyl (C=O) groups is 1. The highest BCUT2D eigenvalue weighted by atomic mass is 35.5. The number of halogens is 1. The molecular formula is C18H21ClN4O2. The molecule has 0 radical (unpaired) electrons. The summed E-state index contributed by atoms with van der Waals surface area (Å²) in [6.07, 6.45) is 2.32. The number of rotatable bonds is 5. The van der Waals surface area contributed by atoms with Crippen molar-refractivity contribution in [1.82, 2.24) is 9.97 Å². The lowest BCUT2D eigenvalue weighted by molar-refractivity contribution is 0.102. The summed E-state index contributed by atoms with van der Waals surface area (Å²) in [5, 5.41) is 6.65. The van der Waals surface area contributed by atoms with E-state index in [9.17, 15) is 4.79 Å². The highest BCUT2D eigenvalue weighted by Gasteiger charge is 2.16. The van der Waals surface area contributed by atoms with Crippen molar-refractivity contribution in [2.45, 2.75) is 32.8 Å². The zero-order chi connectivity index (χ0) is 17.8. The standard InChI is InChI=1S/C18H21ClN4O2/c1-11-5-6-13(19)8-15(11)23-18(24)16-9-17(22-12(2)21-16)20-10-14-4-3-7-25-14/h5-6,8-9,14H,3-4,7,10H2,1-2H3,(H,23,24)(H,20,21,22). The molecule has 0 aliphatic carbocycles. The Balaban J connectivity index is 1.72. The van der Waals surface area contributed by atoms with Gasteiger partial charge in [-0.15, -0.1) is 0 Å². The number of hydrogen-bond acceptors (Lipinski definition) is 5. The molecule has 0 saturated carbocycles. The van der Waals surface area contributed by atoms with Crippen molar-refractivity contribution in [1.29, 1.82) is 0 Å². The van der Waals surface area contributed by atoms with E-state index in [1.54, 1.807) is 25.1 Å². The van der Waals surface area contributed by atoms with Gasteiger partial charge in [0.25, 0.3) is 5.91 Å². The van der Waals surface area contributed by atoms with E-state index < -0.39 is 0 Å². The van der Waals surface area contributed by atoms with Gasteiger partial charge in [-0.25, -0.2) is 9.97 Å². The van der Waals surface area contributed by atoms with Gasteiger partial charge in [0.2, 0.25) is 0 Å². The van der Waals surface area contributed by atoms with Crippen LogP contribution in [0.5, 0.6) is 0 Å². The Kier molecular flexibility index (Phi) is 5.50. The van der Waals surface area contributed by atoms with Crippen LogP contribution < -0.4 is 10.6 Å². The number of nitrogens with one attached hydrogen (secondary N) is 2. The Morgan fingerprint density at radius 3 is 2.92 bits per heavy atom. The van der Waals surface area contributed by atoms with Crippen molar-refractivity contribution in [2.75, 3.05) is 23.8 Å². The molecule has 1 aromatic carbocycles. The zero-order valence-electron chi connectivity index (χ0n) is 14.3. The second kappa shape index (κ2) is 7.80. The van der Waals surface area contributed by atoms with Crippen molar-refractivity contribution in [2.24, 2.45) is 0 Å². The Labute approximate surface area is 152 Å². The third-order valence-electron chi connectivity index (χ3n) is 4.05. The Morgan fingerprint density at radius 2 is 2.16 bits per heavy atom. The molecule has 25 heavy (non-hydrogen) atoms. The summed E-state index contributed by atoms with van der Waals surface area (Å²) in [5.74, 6) is 0.859. The first-order valence-corrected chi connectivity index (χ1v) is 8.68. The van der Waals surface area contributed by atoms with Gasteiger partial charge in [-0.3, -0.25) is 4.79 Å². The average Bonchev–Trinajstić information content (AvgIpc) is 3.09. The molecule has 1 amide bonds. The molecule has 3 rings (SSSR count). The van der Waals surface area contributed by atoms with Gasteiger partial charge in [0.15, 0.2) is 0 Å². The van der Waals surface area contributed by atoms with E-state index in [1.807, 2.05) is 13.0 Å². The molecule has 1 unspecified atom stereocenters. The number of carbonyl (C=O) groups excluding carboxylic acids is 1. The predicted molar refractivity (Wildman–Crippen MR) is 98.4 cm³/mol. The fraction of sp³-hybridized carbons (Fsp3) is 0.389. The molecule has 0 spiro atoms. The monoisotopic (exact) mass is 360 g/mol. The summed E-state index contributed by atoms with van der Waals surface area (Å²) in [5.41, 5.74) is 1.91. The molecule has 2 aromatic rings. The molecule has 7 heteroatoms. The number of ether oxygens (including phenoxy) is 1. The topological polar surface area (TPSA) is 76.1 Å². The summed E-state index contributed by atoms with van der Waals surface area (Å²) in [6, 6.07) is 7.02. The van der Waals surface area contributed by atoms with Crippen LogP contribution in [0.4, 0.5) is 11.5 Å². The van der Waals surface area contributed by atoms with E-state index >= 15 is 0 Å². The van der Waals surface area contributed by atoms with Crippen molar-refractivity contribution < 1.29 is 9.53 Å². The second-order valence-electron chi connectivity index (χ2n) is 6.11. The lowest BCUT2D eigenvalue weighted by Gasteiger charge is -2.13. The first kappa shape index (κ1) is 17.6. The Bertz CT molecular complexity index is 776. The Morgan fingerprint density at radius 1 is 1.32 bits per heavy atom. The smallest absolute Gasteiger partial charge is 0.274 e. The third kappa shape index (κ3) is 4.67. The molecule has 2 heterocycles. The lowest BCUT2D eigenvalue weighted by atomic mass is 10.2. The maximum absolute atomic E-state index is 12.5. The SMILES string of the molecule is Cc1nc(NCC2CCCO2)cc(C(=O)Nc2cc(Cl)ccc2C)n1. The number of anilines is 2. The van der Waals surface area contributed by atoms with Crippen molar-refractivity contribution in [3.05, 3.63) is 46.4 Å². The molecular weight excluding hydrogens is 340 g/mol. The van der Waals surface area contributed by atoms with Gasteiger partial charge >= 0.3 is 0 Å². The predicted octanol–water partition coefficient (Wildman–Crippen LogP) is 3.59. The molecule has 2 N–H and O–H groups in total. The van der Waals surface area contributed by atoms with Crippen LogP contribution in [0, 0.1) is 13.8 Å². The minimum Gasteiger partial charge on any atom is -0.376 e. The summed E-state index contributed by atoms with van der Waals surface area (Å²) >= 11 is 6.00. The van der Waals surface area contributed by atoms with Crippen LogP contribution in [0.3, 0.4) is 0 Å². The van der Waals surface area contributed by atoms with Crippen LogP contribution in [-0.2, 0) is 4.74 Å². The van der Waals surface area contributed by atoms with Gasteiger partial charge in [0.1, 0.15) is 17.3 Å². The lowest BCUT2D eigenvalue weighted by Crippen LogP contribution is -2.20. The number of nitrogens with zero attached hydrogens (tertiary/aromatic N) is 2. The zero-order valence-corrected chi connectivity index (χ0v) is 15.1. The number of aryl methyl sites for hydroxylation is 2. The summed E-state index contributed by atoms with van der Waals surface area (Å²) in [7, 11) is 0. The third-order valence-corrected chi connectivity index (χ3v) is 4.29. The molecule has 1 aliphatic heterocycles. The first-order chi connectivity index (χ1) is 12.0. The van der Waals surface area contributed by atoms with Crippen LogP contribution in [-0.4, -0.2) is 35.1 Å². The number of hydrogen-bond donors (Lipinski definition) is 2. The molecule has 6 nitrogen and oxygen atoms in total. The first-order valence-electron chi connectivity index (χ1n) is 8.30. The summed E-state index contributed by atoms with van der Waals surface area (Å²) < 4.78 is 5.59. The van der Waals surface area contributed by atoms with Crippen molar-refractivity contribution in [3.63, 3.8) is 0 Å². The summed E-state index contributed by atoms with van der Waals surface area (Å²) in [4.78, 5) is 21.1. The van der Waals surface area contributed by atoms with Crippen LogP contribution >= 0.6 is 11.6 Å². The summed E-state index contributed by atoms with van der Waals surface area (Å²) in [6.45, 7) is 5.15. The van der Waals surface area contributed by atoms with Gasteiger partial charge in [-0.1, -0.05) is 17.7 Å². The van der Waals surface area contributed by atoms with E-state index in [4.69, 9.17) is 16.3 Å². The number of amides is 1.